The molecule has 5 heteroatoms. The summed E-state index contributed by atoms with van der Waals surface area (Å²) in [5, 5.41) is 0.700. The maximum absolute atomic E-state index is 11.4. The van der Waals surface area contributed by atoms with Crippen molar-refractivity contribution in [3.8, 4) is 0 Å². The first kappa shape index (κ1) is 14.3. The highest BCUT2D eigenvalue weighted by atomic mass is 35.5. The van der Waals surface area contributed by atoms with Gasteiger partial charge >= 0.3 is 5.97 Å². The van der Waals surface area contributed by atoms with Crippen molar-refractivity contribution in [1.29, 1.82) is 0 Å². The number of nitrogens with zero attached hydrogens (tertiary/aromatic N) is 2. The normalized spacial score (nSPS) is 20.2. The number of halogens is 1. The molecule has 1 aromatic rings. The molecule has 0 aromatic carbocycles. The number of esters is 1. The summed E-state index contributed by atoms with van der Waals surface area (Å²) >= 11 is 5.97. The van der Waals surface area contributed by atoms with Crippen LogP contribution in [-0.2, 0) is 16.1 Å². The third-order valence-electron chi connectivity index (χ3n) is 3.52. The van der Waals surface area contributed by atoms with Gasteiger partial charge in [-0.3, -0.25) is 14.7 Å². The van der Waals surface area contributed by atoms with Gasteiger partial charge in [-0.2, -0.15) is 0 Å². The lowest BCUT2D eigenvalue weighted by Crippen LogP contribution is -2.40. The largest absolute Gasteiger partial charge is 0.469 e. The quantitative estimate of drug-likeness (QED) is 0.796. The van der Waals surface area contributed by atoms with Crippen LogP contribution in [0.25, 0.3) is 0 Å². The molecule has 1 aromatic heterocycles. The second-order valence-electron chi connectivity index (χ2n) is 4.87. The predicted octanol–water partition coefficient (Wildman–Crippen LogP) is 2.65. The molecule has 4 nitrogen and oxygen atoms in total. The van der Waals surface area contributed by atoms with Gasteiger partial charge in [0.1, 0.15) is 0 Å². The molecule has 1 atom stereocenters. The minimum absolute atomic E-state index is 0.143. The summed E-state index contributed by atoms with van der Waals surface area (Å²) in [6.07, 6.45) is 5.54. The topological polar surface area (TPSA) is 42.4 Å². The van der Waals surface area contributed by atoms with Gasteiger partial charge in [-0.1, -0.05) is 18.0 Å². The molecule has 0 bridgehead atoms. The average molecular weight is 283 g/mol. The number of methoxy groups -OCH3 is 1. The van der Waals surface area contributed by atoms with Crippen LogP contribution < -0.4 is 0 Å². The first-order valence-electron chi connectivity index (χ1n) is 6.60. The molecule has 0 N–H and O–H groups in total. The Bertz CT molecular complexity index is 439. The van der Waals surface area contributed by atoms with Crippen LogP contribution in [0.4, 0.5) is 0 Å². The van der Waals surface area contributed by atoms with Gasteiger partial charge in [-0.15, -0.1) is 0 Å². The SMILES string of the molecule is COC(=O)CC1CCCCN1Cc1cc(Cl)ccn1. The molecule has 104 valence electrons. The molecule has 0 saturated carbocycles. The zero-order valence-corrected chi connectivity index (χ0v) is 11.9. The van der Waals surface area contributed by atoms with Crippen molar-refractivity contribution in [2.75, 3.05) is 13.7 Å². The van der Waals surface area contributed by atoms with E-state index in [2.05, 4.69) is 9.88 Å². The van der Waals surface area contributed by atoms with Crippen molar-refractivity contribution in [3.63, 3.8) is 0 Å². The van der Waals surface area contributed by atoms with Crippen molar-refractivity contribution in [2.45, 2.75) is 38.3 Å². The van der Waals surface area contributed by atoms with Gasteiger partial charge in [0.15, 0.2) is 0 Å². The number of aromatic nitrogens is 1. The summed E-state index contributed by atoms with van der Waals surface area (Å²) < 4.78 is 4.77. The Morgan fingerprint density at radius 1 is 1.58 bits per heavy atom. The van der Waals surface area contributed by atoms with Crippen molar-refractivity contribution in [2.24, 2.45) is 0 Å². The Labute approximate surface area is 118 Å². The maximum Gasteiger partial charge on any atom is 0.307 e. The average Bonchev–Trinajstić information content (AvgIpc) is 2.41. The molecule has 0 amide bonds. The van der Waals surface area contributed by atoms with Crippen LogP contribution in [-0.4, -0.2) is 35.5 Å². The molecule has 19 heavy (non-hydrogen) atoms. The van der Waals surface area contributed by atoms with Crippen LogP contribution in [0.3, 0.4) is 0 Å². The van der Waals surface area contributed by atoms with Crippen molar-refractivity contribution in [3.05, 3.63) is 29.0 Å². The van der Waals surface area contributed by atoms with E-state index in [1.54, 1.807) is 12.3 Å². The molecular weight excluding hydrogens is 264 g/mol. The lowest BCUT2D eigenvalue weighted by Gasteiger charge is -2.34. The fourth-order valence-electron chi connectivity index (χ4n) is 2.52. The van der Waals surface area contributed by atoms with Crippen LogP contribution in [0.5, 0.6) is 0 Å². The number of rotatable bonds is 4. The molecule has 0 aliphatic carbocycles. The van der Waals surface area contributed by atoms with E-state index in [0.717, 1.165) is 31.6 Å². The Morgan fingerprint density at radius 2 is 2.42 bits per heavy atom. The molecule has 2 rings (SSSR count). The summed E-state index contributed by atoms with van der Waals surface area (Å²) in [5.74, 6) is -0.143. The van der Waals surface area contributed by atoms with Crippen molar-refractivity contribution < 1.29 is 9.53 Å². The van der Waals surface area contributed by atoms with E-state index in [1.807, 2.05) is 6.07 Å². The standard InChI is InChI=1S/C14H19ClN2O2/c1-19-14(18)9-13-4-2-3-7-17(13)10-12-8-11(15)5-6-16-12/h5-6,8,13H,2-4,7,9-10H2,1H3. The summed E-state index contributed by atoms with van der Waals surface area (Å²) in [4.78, 5) is 18.1. The van der Waals surface area contributed by atoms with Gasteiger partial charge in [-0.05, 0) is 31.5 Å². The molecule has 0 spiro atoms. The third kappa shape index (κ3) is 4.18. The van der Waals surface area contributed by atoms with Gasteiger partial charge in [0.05, 0.1) is 19.2 Å². The van der Waals surface area contributed by atoms with Gasteiger partial charge in [-0.25, -0.2) is 0 Å². The van der Waals surface area contributed by atoms with Crippen LogP contribution in [0.15, 0.2) is 18.3 Å². The molecule has 2 heterocycles. The van der Waals surface area contributed by atoms with Gasteiger partial charge in [0.25, 0.3) is 0 Å². The first-order valence-corrected chi connectivity index (χ1v) is 6.98. The van der Waals surface area contributed by atoms with Crippen LogP contribution in [0.1, 0.15) is 31.4 Å². The van der Waals surface area contributed by atoms with Gasteiger partial charge in [0.2, 0.25) is 0 Å². The lowest BCUT2D eigenvalue weighted by molar-refractivity contribution is -0.142. The Balaban J connectivity index is 2.01. The number of ether oxygens (including phenoxy) is 1. The number of piperidine rings is 1. The van der Waals surface area contributed by atoms with E-state index >= 15 is 0 Å². The van der Waals surface area contributed by atoms with E-state index in [4.69, 9.17) is 16.3 Å². The Hall–Kier alpha value is -1.13. The van der Waals surface area contributed by atoms with Crippen LogP contribution in [0.2, 0.25) is 5.02 Å². The lowest BCUT2D eigenvalue weighted by atomic mass is 9.99. The summed E-state index contributed by atoms with van der Waals surface area (Å²) in [6, 6.07) is 3.90. The van der Waals surface area contributed by atoms with E-state index in [1.165, 1.54) is 13.5 Å². The number of hydrogen-bond acceptors (Lipinski definition) is 4. The highest BCUT2D eigenvalue weighted by Gasteiger charge is 2.25. The fourth-order valence-corrected chi connectivity index (χ4v) is 2.70. The first-order chi connectivity index (χ1) is 9.19. The van der Waals surface area contributed by atoms with Crippen molar-refractivity contribution in [1.82, 2.24) is 9.88 Å². The summed E-state index contributed by atoms with van der Waals surface area (Å²) in [6.45, 7) is 1.73. The number of likely N-dealkylation sites (tertiary alicyclic amines) is 1. The predicted molar refractivity (Wildman–Crippen MR) is 73.9 cm³/mol. The van der Waals surface area contributed by atoms with Gasteiger partial charge in [0, 0.05) is 23.8 Å². The number of carbonyl (C=O) groups is 1. The Kier molecular flexibility index (Phi) is 5.16. The third-order valence-corrected chi connectivity index (χ3v) is 3.76. The molecule has 1 aliphatic heterocycles. The number of pyridine rings is 1. The van der Waals surface area contributed by atoms with Gasteiger partial charge < -0.3 is 4.74 Å². The highest BCUT2D eigenvalue weighted by Crippen LogP contribution is 2.22. The number of carbonyl (C=O) groups excluding carboxylic acids is 1. The maximum atomic E-state index is 11.4. The minimum Gasteiger partial charge on any atom is -0.469 e. The van der Waals surface area contributed by atoms with E-state index in [0.29, 0.717) is 11.4 Å². The molecule has 1 saturated heterocycles. The molecule has 0 radical (unpaired) electrons. The molecule has 1 unspecified atom stereocenters. The van der Waals surface area contributed by atoms with Crippen LogP contribution >= 0.6 is 11.6 Å². The van der Waals surface area contributed by atoms with E-state index in [9.17, 15) is 4.79 Å². The van der Waals surface area contributed by atoms with E-state index in [-0.39, 0.29) is 12.0 Å². The van der Waals surface area contributed by atoms with Crippen molar-refractivity contribution >= 4 is 17.6 Å². The monoisotopic (exact) mass is 282 g/mol. The minimum atomic E-state index is -0.143. The molecule has 1 fully saturated rings. The fraction of sp³-hybridized carbons (Fsp3) is 0.571. The molecular formula is C14H19ClN2O2. The summed E-state index contributed by atoms with van der Waals surface area (Å²) in [7, 11) is 1.44. The highest BCUT2D eigenvalue weighted by molar-refractivity contribution is 6.30. The second-order valence-corrected chi connectivity index (χ2v) is 5.30. The second kappa shape index (κ2) is 6.87. The molecule has 1 aliphatic rings. The Morgan fingerprint density at radius 3 is 3.16 bits per heavy atom. The smallest absolute Gasteiger partial charge is 0.307 e. The van der Waals surface area contributed by atoms with E-state index < -0.39 is 0 Å². The number of hydrogen-bond donors (Lipinski definition) is 0. The zero-order valence-electron chi connectivity index (χ0n) is 11.1. The summed E-state index contributed by atoms with van der Waals surface area (Å²) in [5.41, 5.74) is 0.948. The zero-order chi connectivity index (χ0) is 13.7. The van der Waals surface area contributed by atoms with Crippen LogP contribution in [0, 0.1) is 0 Å².